The molecule has 2 rings (SSSR count). The van der Waals surface area contributed by atoms with E-state index in [1.807, 2.05) is 57.9 Å². The Bertz CT molecular complexity index is 1100. The fraction of sp³-hybridized carbons (Fsp3) is 0.583. The number of aromatic nitrogens is 2. The topological polar surface area (TPSA) is 157 Å². The minimum absolute atomic E-state index is 0.284. The van der Waals surface area contributed by atoms with Crippen LogP contribution in [-0.2, 0) is 46.2 Å². The Hall–Kier alpha value is -1.26. The molecular formula is C24H38N2O8S4+2. The number of nitrogens with zero attached hydrogens (tertiary/aromatic N) is 2. The van der Waals surface area contributed by atoms with Gasteiger partial charge in [0.2, 0.25) is 0 Å². The van der Waals surface area contributed by atoms with E-state index in [0.717, 1.165) is 35.7 Å². The number of aliphatic hydroxyl groups is 2. The van der Waals surface area contributed by atoms with Crippen molar-refractivity contribution in [3.63, 3.8) is 0 Å². The molecule has 38 heavy (non-hydrogen) atoms. The van der Waals surface area contributed by atoms with Crippen molar-refractivity contribution in [1.29, 1.82) is 0 Å². The number of hydrogen-bond donors (Lipinski definition) is 4. The van der Waals surface area contributed by atoms with E-state index in [1.165, 1.54) is 23.5 Å². The van der Waals surface area contributed by atoms with Gasteiger partial charge in [-0.25, -0.2) is 9.13 Å². The molecular weight excluding hydrogens is 573 g/mol. The Balaban J connectivity index is 1.67. The van der Waals surface area contributed by atoms with Crippen LogP contribution in [0.5, 0.6) is 0 Å². The summed E-state index contributed by atoms with van der Waals surface area (Å²) >= 11 is 3.07. The molecule has 0 radical (unpaired) electrons. The predicted molar refractivity (Wildman–Crippen MR) is 149 cm³/mol. The Morgan fingerprint density at radius 1 is 0.684 bits per heavy atom. The van der Waals surface area contributed by atoms with Crippen molar-refractivity contribution in [3.05, 3.63) is 60.2 Å². The molecule has 0 saturated carbocycles. The highest BCUT2D eigenvalue weighted by atomic mass is 32.2. The molecule has 2 aromatic rings. The second kappa shape index (κ2) is 16.8. The zero-order valence-electron chi connectivity index (χ0n) is 21.2. The van der Waals surface area contributed by atoms with Crippen molar-refractivity contribution in [1.82, 2.24) is 0 Å². The van der Waals surface area contributed by atoms with Crippen LogP contribution in [0, 0.1) is 0 Å². The molecule has 0 fully saturated rings. The van der Waals surface area contributed by atoms with E-state index in [2.05, 4.69) is 0 Å². The number of hydrogen-bond acceptors (Lipinski definition) is 8. The fourth-order valence-electron chi connectivity index (χ4n) is 3.73. The second-order valence-electron chi connectivity index (χ2n) is 8.83. The molecule has 0 spiro atoms. The van der Waals surface area contributed by atoms with E-state index in [0.29, 0.717) is 37.4 Å². The summed E-state index contributed by atoms with van der Waals surface area (Å²) in [4.78, 5) is 0. The van der Waals surface area contributed by atoms with Gasteiger partial charge in [0.15, 0.2) is 23.8 Å². The lowest BCUT2D eigenvalue weighted by Crippen LogP contribution is -2.39. The van der Waals surface area contributed by atoms with Crippen molar-refractivity contribution in [2.75, 3.05) is 34.5 Å². The van der Waals surface area contributed by atoms with Gasteiger partial charge in [-0.3, -0.25) is 9.11 Å². The third-order valence-electron chi connectivity index (χ3n) is 5.70. The van der Waals surface area contributed by atoms with Crippen LogP contribution in [0.15, 0.2) is 48.8 Å². The second-order valence-corrected chi connectivity index (χ2v) is 14.3. The molecule has 0 amide bonds. The Morgan fingerprint density at radius 3 is 1.45 bits per heavy atom. The molecule has 0 aromatic carbocycles. The van der Waals surface area contributed by atoms with E-state index in [4.69, 9.17) is 9.11 Å². The summed E-state index contributed by atoms with van der Waals surface area (Å²) in [6.07, 6.45) is 4.10. The number of aliphatic hydroxyl groups excluding tert-OH is 2. The highest BCUT2D eigenvalue weighted by Crippen LogP contribution is 2.13. The normalized spacial score (nSPS) is 13.9. The Morgan fingerprint density at radius 2 is 1.08 bits per heavy atom. The summed E-state index contributed by atoms with van der Waals surface area (Å²) in [6.45, 7) is 0.958. The average molecular weight is 611 g/mol. The molecule has 0 aliphatic heterocycles. The molecule has 4 N–H and O–H groups in total. The molecule has 214 valence electrons. The minimum atomic E-state index is -3.98. The zero-order valence-corrected chi connectivity index (χ0v) is 24.5. The first kappa shape index (κ1) is 32.9. The Kier molecular flexibility index (Phi) is 14.5. The van der Waals surface area contributed by atoms with Gasteiger partial charge in [-0.15, -0.1) is 0 Å². The van der Waals surface area contributed by atoms with Crippen LogP contribution in [0.4, 0.5) is 0 Å². The SMILES string of the molecule is O=S(=O)(O)CCC[n+]1ccccc1CCSCC(O)C(O)CSCCc1cccc[n+]1CCCS(=O)(=O)O. The van der Waals surface area contributed by atoms with E-state index in [9.17, 15) is 27.0 Å². The van der Waals surface area contributed by atoms with Gasteiger partial charge in [-0.1, -0.05) is 12.1 Å². The molecule has 0 aliphatic carbocycles. The predicted octanol–water partition coefficient (Wildman–Crippen LogP) is 0.791. The highest BCUT2D eigenvalue weighted by molar-refractivity contribution is 7.99. The smallest absolute Gasteiger partial charge is 0.265 e. The quantitative estimate of drug-likeness (QED) is 0.102. The summed E-state index contributed by atoms with van der Waals surface area (Å²) in [5.41, 5.74) is 2.05. The van der Waals surface area contributed by atoms with Crippen molar-refractivity contribution >= 4 is 43.8 Å². The first-order valence-electron chi connectivity index (χ1n) is 12.3. The van der Waals surface area contributed by atoms with Gasteiger partial charge >= 0.3 is 0 Å². The van der Waals surface area contributed by atoms with Crippen LogP contribution in [-0.4, -0.2) is 82.9 Å². The van der Waals surface area contributed by atoms with Gasteiger partial charge in [-0.05, 0) is 0 Å². The first-order valence-corrected chi connectivity index (χ1v) is 17.8. The molecule has 0 bridgehead atoms. The van der Waals surface area contributed by atoms with Crippen molar-refractivity contribution in [3.8, 4) is 0 Å². The van der Waals surface area contributed by atoms with Crippen LogP contribution >= 0.6 is 23.5 Å². The fourth-order valence-corrected chi connectivity index (χ4v) is 6.69. The van der Waals surface area contributed by atoms with Gasteiger partial charge in [0.25, 0.3) is 20.2 Å². The summed E-state index contributed by atoms with van der Waals surface area (Å²) in [6, 6.07) is 11.5. The van der Waals surface area contributed by atoms with Crippen molar-refractivity contribution < 1.29 is 45.3 Å². The van der Waals surface area contributed by atoms with Crippen LogP contribution in [0.2, 0.25) is 0 Å². The average Bonchev–Trinajstić information content (AvgIpc) is 2.84. The largest absolute Gasteiger partial charge is 0.390 e. The molecule has 2 atom stereocenters. The maximum Gasteiger partial charge on any atom is 0.265 e. The zero-order chi connectivity index (χ0) is 28.0. The van der Waals surface area contributed by atoms with Crippen LogP contribution in [0.1, 0.15) is 24.2 Å². The third kappa shape index (κ3) is 14.2. The standard InChI is InChI=1S/C24H36N2O8S4/c27-23(19-35-15-9-21-7-1-3-11-25(21)13-5-17-37(29,30)31)24(28)20-36-16-10-22-8-2-4-12-26(22)14-6-18-38(32,33)34/h1-4,7-8,11-12,23-24,27-28H,5-6,9-10,13-20H2/p+2. The lowest BCUT2D eigenvalue weighted by molar-refractivity contribution is -0.704. The third-order valence-corrected chi connectivity index (χ3v) is 9.45. The highest BCUT2D eigenvalue weighted by Gasteiger charge is 2.18. The number of pyridine rings is 2. The summed E-state index contributed by atoms with van der Waals surface area (Å²) in [7, 11) is -7.95. The van der Waals surface area contributed by atoms with E-state index in [1.54, 1.807) is 0 Å². The summed E-state index contributed by atoms with van der Waals surface area (Å²) in [5.74, 6) is 1.67. The number of thioether (sulfide) groups is 2. The Labute approximate surface area is 234 Å². The van der Waals surface area contributed by atoms with Gasteiger partial charge < -0.3 is 10.2 Å². The molecule has 10 nitrogen and oxygen atoms in total. The molecule has 2 aromatic heterocycles. The van der Waals surface area contributed by atoms with Gasteiger partial charge in [0.05, 0.1) is 23.7 Å². The molecule has 14 heteroatoms. The minimum Gasteiger partial charge on any atom is -0.390 e. The lowest BCUT2D eigenvalue weighted by atomic mass is 10.2. The number of aryl methyl sites for hydroxylation is 4. The van der Waals surface area contributed by atoms with Gasteiger partial charge in [-0.2, -0.15) is 40.4 Å². The van der Waals surface area contributed by atoms with Gasteiger partial charge in [0, 0.05) is 73.0 Å². The van der Waals surface area contributed by atoms with Crippen molar-refractivity contribution in [2.45, 2.75) is 51.0 Å². The van der Waals surface area contributed by atoms with Crippen LogP contribution in [0.25, 0.3) is 0 Å². The lowest BCUT2D eigenvalue weighted by Gasteiger charge is -2.17. The van der Waals surface area contributed by atoms with E-state index < -0.39 is 32.4 Å². The molecule has 2 unspecified atom stereocenters. The first-order chi connectivity index (χ1) is 17.9. The summed E-state index contributed by atoms with van der Waals surface area (Å²) < 4.78 is 65.5. The number of rotatable bonds is 19. The van der Waals surface area contributed by atoms with Crippen molar-refractivity contribution in [2.24, 2.45) is 0 Å². The summed E-state index contributed by atoms with van der Waals surface area (Å²) in [5, 5.41) is 20.7. The molecule has 2 heterocycles. The van der Waals surface area contributed by atoms with Crippen LogP contribution < -0.4 is 9.13 Å². The van der Waals surface area contributed by atoms with Gasteiger partial charge in [0.1, 0.15) is 13.1 Å². The maximum atomic E-state index is 10.9. The monoisotopic (exact) mass is 610 g/mol. The van der Waals surface area contributed by atoms with Crippen LogP contribution in [0.3, 0.4) is 0 Å². The molecule has 0 saturated heterocycles. The van der Waals surface area contributed by atoms with E-state index in [-0.39, 0.29) is 11.5 Å². The molecule has 0 aliphatic rings. The maximum absolute atomic E-state index is 10.9. The van der Waals surface area contributed by atoms with E-state index >= 15 is 0 Å².